The minimum Gasteiger partial charge on any atom is -0.461 e. The number of hydrogen-bond donors (Lipinski definition) is 0. The molecule has 0 spiro atoms. The highest BCUT2D eigenvalue weighted by Crippen LogP contribution is 2.17. The molecule has 0 aliphatic heterocycles. The zero-order valence-corrected chi connectivity index (χ0v) is 10.9. The first-order chi connectivity index (χ1) is 7.11. The molecule has 0 N–H and O–H groups in total. The van der Waals surface area contributed by atoms with E-state index in [0.717, 1.165) is 9.26 Å². The van der Waals surface area contributed by atoms with Gasteiger partial charge in [-0.25, -0.2) is 4.79 Å². The van der Waals surface area contributed by atoms with Gasteiger partial charge >= 0.3 is 5.97 Å². The molecule has 15 heavy (non-hydrogen) atoms. The van der Waals surface area contributed by atoms with Crippen LogP contribution < -0.4 is 0 Å². The molecule has 0 unspecified atom stereocenters. The van der Waals surface area contributed by atoms with Crippen LogP contribution in [0.2, 0.25) is 0 Å². The average molecular weight is 320 g/mol. The Bertz CT molecular complexity index is 385. The molecular formula is C10H13IN2O2. The summed E-state index contributed by atoms with van der Waals surface area (Å²) in [5, 5.41) is 4.24. The maximum Gasteiger partial charge on any atom is 0.357 e. The van der Waals surface area contributed by atoms with Crippen LogP contribution in [-0.2, 0) is 11.3 Å². The van der Waals surface area contributed by atoms with Crippen molar-refractivity contribution in [3.63, 3.8) is 0 Å². The highest BCUT2D eigenvalue weighted by atomic mass is 127. The van der Waals surface area contributed by atoms with Crippen molar-refractivity contribution in [1.82, 2.24) is 9.78 Å². The molecule has 0 aliphatic rings. The number of carbonyl (C=O) groups excluding carboxylic acids is 1. The number of rotatable bonds is 4. The molecule has 0 radical (unpaired) electrons. The van der Waals surface area contributed by atoms with Gasteiger partial charge in [0.2, 0.25) is 0 Å². The molecular weight excluding hydrogens is 307 g/mol. The largest absolute Gasteiger partial charge is 0.461 e. The highest BCUT2D eigenvalue weighted by molar-refractivity contribution is 14.1. The van der Waals surface area contributed by atoms with E-state index in [1.807, 2.05) is 6.92 Å². The lowest BCUT2D eigenvalue weighted by Crippen LogP contribution is -2.13. The number of nitrogens with zero attached hydrogens (tertiary/aromatic N) is 2. The molecule has 82 valence electrons. The first kappa shape index (κ1) is 12.2. The fraction of sp³-hybridized carbons (Fsp3) is 0.400. The lowest BCUT2D eigenvalue weighted by Gasteiger charge is -2.04. The van der Waals surface area contributed by atoms with Crippen LogP contribution in [0.25, 0.3) is 0 Å². The first-order valence-corrected chi connectivity index (χ1v) is 5.70. The number of ether oxygens (including phenoxy) is 1. The Balaban J connectivity index is 3.12. The summed E-state index contributed by atoms with van der Waals surface area (Å²) in [6.07, 6.45) is 1.70. The minimum atomic E-state index is -0.329. The summed E-state index contributed by atoms with van der Waals surface area (Å²) in [6.45, 7) is 8.15. The Morgan fingerprint density at radius 1 is 1.73 bits per heavy atom. The van der Waals surface area contributed by atoms with E-state index in [9.17, 15) is 4.79 Å². The number of esters is 1. The van der Waals surface area contributed by atoms with Gasteiger partial charge in [-0.3, -0.25) is 4.68 Å². The third-order valence-corrected chi connectivity index (χ3v) is 3.12. The average Bonchev–Trinajstić information content (AvgIpc) is 2.44. The highest BCUT2D eigenvalue weighted by Gasteiger charge is 2.20. The van der Waals surface area contributed by atoms with Crippen LogP contribution in [0.15, 0.2) is 12.7 Å². The summed E-state index contributed by atoms with van der Waals surface area (Å²) < 4.78 is 7.42. The van der Waals surface area contributed by atoms with Crippen LogP contribution in [0.4, 0.5) is 0 Å². The molecule has 1 aromatic heterocycles. The van der Waals surface area contributed by atoms with Gasteiger partial charge < -0.3 is 4.74 Å². The van der Waals surface area contributed by atoms with Crippen molar-refractivity contribution in [3.05, 3.63) is 27.6 Å². The minimum absolute atomic E-state index is 0.329. The van der Waals surface area contributed by atoms with E-state index < -0.39 is 0 Å². The summed E-state index contributed by atoms with van der Waals surface area (Å²) in [5.41, 5.74) is 1.34. The van der Waals surface area contributed by atoms with E-state index in [0.29, 0.717) is 18.8 Å². The van der Waals surface area contributed by atoms with Crippen molar-refractivity contribution in [2.45, 2.75) is 20.4 Å². The van der Waals surface area contributed by atoms with Crippen molar-refractivity contribution < 1.29 is 9.53 Å². The standard InChI is InChI=1S/C10H13IN2O2/c1-4-6-13-9(10(14)15-5-2)8(11)7(3)12-13/h4H,1,5-6H2,2-3H3. The number of aryl methyl sites for hydroxylation is 1. The summed E-state index contributed by atoms with van der Waals surface area (Å²) >= 11 is 2.10. The maximum atomic E-state index is 11.7. The molecule has 1 aromatic rings. The molecule has 0 saturated carbocycles. The second kappa shape index (κ2) is 5.29. The van der Waals surface area contributed by atoms with Gasteiger partial charge in [0.25, 0.3) is 0 Å². The van der Waals surface area contributed by atoms with Gasteiger partial charge in [0.1, 0.15) is 0 Å². The molecule has 4 nitrogen and oxygen atoms in total. The third-order valence-electron chi connectivity index (χ3n) is 1.83. The lowest BCUT2D eigenvalue weighted by molar-refractivity contribution is 0.0511. The van der Waals surface area contributed by atoms with Gasteiger partial charge in [0.05, 0.1) is 22.4 Å². The smallest absolute Gasteiger partial charge is 0.357 e. The molecule has 0 aromatic carbocycles. The number of aromatic nitrogens is 2. The summed E-state index contributed by atoms with van der Waals surface area (Å²) in [4.78, 5) is 11.7. The Hall–Kier alpha value is -0.850. The fourth-order valence-corrected chi connectivity index (χ4v) is 1.81. The Labute approximate surface area is 102 Å². The normalized spacial score (nSPS) is 10.1. The lowest BCUT2D eigenvalue weighted by atomic mass is 10.3. The monoisotopic (exact) mass is 320 g/mol. The molecule has 0 amide bonds. The summed E-state index contributed by atoms with van der Waals surface area (Å²) in [5.74, 6) is -0.329. The van der Waals surface area contributed by atoms with E-state index in [1.165, 1.54) is 0 Å². The van der Waals surface area contributed by atoms with Gasteiger partial charge in [0.15, 0.2) is 5.69 Å². The van der Waals surface area contributed by atoms with Gasteiger partial charge in [-0.05, 0) is 36.4 Å². The quantitative estimate of drug-likeness (QED) is 0.485. The van der Waals surface area contributed by atoms with Crippen molar-refractivity contribution in [2.75, 3.05) is 6.61 Å². The SMILES string of the molecule is C=CCn1nc(C)c(I)c1C(=O)OCC. The van der Waals surface area contributed by atoms with E-state index >= 15 is 0 Å². The molecule has 5 heteroatoms. The number of hydrogen-bond acceptors (Lipinski definition) is 3. The van der Waals surface area contributed by atoms with Gasteiger partial charge in [-0.1, -0.05) is 6.08 Å². The van der Waals surface area contributed by atoms with Crippen LogP contribution in [-0.4, -0.2) is 22.4 Å². The van der Waals surface area contributed by atoms with Crippen molar-refractivity contribution >= 4 is 28.6 Å². The van der Waals surface area contributed by atoms with Crippen LogP contribution in [0.1, 0.15) is 23.1 Å². The van der Waals surface area contributed by atoms with Crippen molar-refractivity contribution in [3.8, 4) is 0 Å². The number of halogens is 1. The maximum absolute atomic E-state index is 11.7. The number of allylic oxidation sites excluding steroid dienone is 1. The van der Waals surface area contributed by atoms with Crippen molar-refractivity contribution in [2.24, 2.45) is 0 Å². The summed E-state index contributed by atoms with van der Waals surface area (Å²) in [6, 6.07) is 0. The van der Waals surface area contributed by atoms with Gasteiger partial charge in [-0.2, -0.15) is 5.10 Å². The van der Waals surface area contributed by atoms with Crippen LogP contribution in [0.5, 0.6) is 0 Å². The zero-order chi connectivity index (χ0) is 11.4. The number of carbonyl (C=O) groups is 1. The third kappa shape index (κ3) is 2.58. The predicted octanol–water partition coefficient (Wildman–Crippen LogP) is 2.16. The molecule has 1 heterocycles. The molecule has 0 saturated heterocycles. The second-order valence-corrected chi connectivity index (χ2v) is 4.02. The van der Waals surface area contributed by atoms with Crippen LogP contribution in [0, 0.1) is 10.5 Å². The van der Waals surface area contributed by atoms with E-state index in [1.54, 1.807) is 17.7 Å². The molecule has 0 fully saturated rings. The fourth-order valence-electron chi connectivity index (χ4n) is 1.21. The first-order valence-electron chi connectivity index (χ1n) is 4.62. The zero-order valence-electron chi connectivity index (χ0n) is 8.79. The molecule has 0 aliphatic carbocycles. The van der Waals surface area contributed by atoms with E-state index in [4.69, 9.17) is 4.74 Å². The topological polar surface area (TPSA) is 44.1 Å². The van der Waals surface area contributed by atoms with E-state index in [2.05, 4.69) is 34.3 Å². The van der Waals surface area contributed by atoms with Gasteiger partial charge in [0, 0.05) is 0 Å². The molecule has 0 atom stereocenters. The Morgan fingerprint density at radius 2 is 2.40 bits per heavy atom. The Morgan fingerprint density at radius 3 is 2.93 bits per heavy atom. The van der Waals surface area contributed by atoms with Crippen LogP contribution >= 0.6 is 22.6 Å². The predicted molar refractivity (Wildman–Crippen MR) is 65.8 cm³/mol. The Kier molecular flexibility index (Phi) is 4.31. The molecule has 0 bridgehead atoms. The second-order valence-electron chi connectivity index (χ2n) is 2.94. The van der Waals surface area contributed by atoms with Gasteiger partial charge in [-0.15, -0.1) is 6.58 Å². The van der Waals surface area contributed by atoms with Crippen LogP contribution in [0.3, 0.4) is 0 Å². The van der Waals surface area contributed by atoms with Crippen molar-refractivity contribution in [1.29, 1.82) is 0 Å². The summed E-state index contributed by atoms with van der Waals surface area (Å²) in [7, 11) is 0. The van der Waals surface area contributed by atoms with E-state index in [-0.39, 0.29) is 5.97 Å². The molecule has 1 rings (SSSR count).